The van der Waals surface area contributed by atoms with Crippen molar-refractivity contribution in [3.8, 4) is 28.7 Å². The van der Waals surface area contributed by atoms with E-state index in [0.717, 1.165) is 110 Å². The van der Waals surface area contributed by atoms with Crippen LogP contribution in [0.2, 0.25) is 0 Å². The lowest BCUT2D eigenvalue weighted by Crippen LogP contribution is -2.77. The summed E-state index contributed by atoms with van der Waals surface area (Å²) in [6.45, 7) is 15.9. The zero-order valence-electron chi connectivity index (χ0n) is 40.7. The first-order chi connectivity index (χ1) is 31.8. The zero-order valence-corrected chi connectivity index (χ0v) is 40.7. The van der Waals surface area contributed by atoms with Gasteiger partial charge < -0.3 is 43.4 Å². The molecule has 4 heterocycles. The summed E-state index contributed by atoms with van der Waals surface area (Å²) in [5.74, 6) is 5.23. The Morgan fingerprint density at radius 3 is 2.56 bits per heavy atom. The van der Waals surface area contributed by atoms with Gasteiger partial charge in [-0.1, -0.05) is 43.5 Å². The number of hydrogen-bond acceptors (Lipinski definition) is 9. The van der Waals surface area contributed by atoms with Crippen molar-refractivity contribution in [3.63, 3.8) is 0 Å². The highest BCUT2D eigenvalue weighted by molar-refractivity contribution is 5.89. The van der Waals surface area contributed by atoms with Gasteiger partial charge >= 0.3 is 0 Å². The molecule has 7 aliphatic rings. The summed E-state index contributed by atoms with van der Waals surface area (Å²) in [6, 6.07) is 15.0. The zero-order chi connectivity index (χ0) is 45.7. The Kier molecular flexibility index (Phi) is 11.3. The number of aromatic amines is 1. The van der Waals surface area contributed by atoms with Gasteiger partial charge in [-0.15, -0.1) is 0 Å². The number of fused-ring (bicyclic) bond motifs is 4. The third kappa shape index (κ3) is 7.25. The second kappa shape index (κ2) is 16.8. The number of ether oxygens (including phenoxy) is 6. The average molecular weight is 900 g/mol. The molecule has 11 rings (SSSR count). The number of benzene rings is 3. The lowest BCUT2D eigenvalue weighted by atomic mass is 9.48. The Morgan fingerprint density at radius 2 is 1.77 bits per heavy atom. The number of rotatable bonds is 15. The number of allylic oxidation sites excluding steroid dienone is 2. The van der Waals surface area contributed by atoms with Crippen LogP contribution in [0.3, 0.4) is 0 Å². The minimum absolute atomic E-state index is 0.0156. The topological polar surface area (TPSA) is 97.9 Å². The molecule has 1 aromatic heterocycles. The summed E-state index contributed by atoms with van der Waals surface area (Å²) in [5, 5.41) is 14.6. The van der Waals surface area contributed by atoms with Crippen molar-refractivity contribution in [1.29, 1.82) is 0 Å². The Morgan fingerprint density at radius 1 is 0.955 bits per heavy atom. The number of aryl methyl sites for hydroxylation is 1. The fourth-order valence-corrected chi connectivity index (χ4v) is 13.8. The van der Waals surface area contributed by atoms with Crippen LogP contribution in [0.4, 0.5) is 0 Å². The molecule has 66 heavy (non-hydrogen) atoms. The second-order valence-corrected chi connectivity index (χ2v) is 22.0. The van der Waals surface area contributed by atoms with Gasteiger partial charge in [0.15, 0.2) is 17.8 Å². The molecule has 1 saturated heterocycles. The lowest BCUT2D eigenvalue weighted by Gasteiger charge is -2.64. The molecule has 2 N–H and O–H groups in total. The standard InChI is InChI=1S/C56H73N3O7/c1-9-12-37-28-46(50-40-27-33(2)17-19-41(40)54(5,6)66-47(50)29-37)64-35(4)62-44-20-18-38-30-48-56(60)23-21-45(53-55(56,51(38)52(44)65-53)24-26-59(48)32-36-13-10-14-36)63-34(3)61-43-16-11-15-42-49(43)39(31-57-42)22-25-58(7)8/h11,15-16,18,20,27-29,31,34-36,40-41,45,48,53,57,60H,9-10,12-14,17,19,21-26,30,32H2,1-8H3/t34?,35?,40?,41?,45-,48+,53-,55-,56+/m0/s1. The van der Waals surface area contributed by atoms with Crippen LogP contribution in [0, 0.1) is 11.8 Å². The quantitative estimate of drug-likeness (QED) is 0.0893. The van der Waals surface area contributed by atoms with Gasteiger partial charge in [0.1, 0.15) is 29.0 Å². The van der Waals surface area contributed by atoms with E-state index < -0.39 is 29.7 Å². The Bertz CT molecular complexity index is 2510. The highest BCUT2D eigenvalue weighted by Gasteiger charge is 2.73. The van der Waals surface area contributed by atoms with Crippen LogP contribution in [0.25, 0.3) is 10.9 Å². The van der Waals surface area contributed by atoms with Crippen LogP contribution in [0.1, 0.15) is 133 Å². The number of piperidine rings is 1. The molecular formula is C56H73N3O7. The fraction of sp³-hybridized carbons (Fsp3) is 0.607. The van der Waals surface area contributed by atoms with Crippen LogP contribution in [-0.2, 0) is 29.4 Å². The van der Waals surface area contributed by atoms with E-state index in [4.69, 9.17) is 28.4 Å². The van der Waals surface area contributed by atoms with Crippen molar-refractivity contribution in [2.24, 2.45) is 11.8 Å². The van der Waals surface area contributed by atoms with Gasteiger partial charge in [0.25, 0.3) is 0 Å². The number of hydrogen-bond donors (Lipinski definition) is 2. The van der Waals surface area contributed by atoms with Gasteiger partial charge in [0.2, 0.25) is 6.29 Å². The molecule has 354 valence electrons. The summed E-state index contributed by atoms with van der Waals surface area (Å²) >= 11 is 0. The first-order valence-electron chi connectivity index (χ1n) is 25.5. The van der Waals surface area contributed by atoms with Crippen LogP contribution in [-0.4, -0.2) is 95.7 Å². The molecule has 3 fully saturated rings. The van der Waals surface area contributed by atoms with Crippen molar-refractivity contribution < 1.29 is 33.5 Å². The molecule has 0 radical (unpaired) electrons. The maximum atomic E-state index is 13.5. The maximum absolute atomic E-state index is 13.5. The van der Waals surface area contributed by atoms with E-state index >= 15 is 0 Å². The third-order valence-electron chi connectivity index (χ3n) is 17.1. The van der Waals surface area contributed by atoms with Crippen LogP contribution < -0.4 is 23.7 Å². The summed E-state index contributed by atoms with van der Waals surface area (Å²) < 4.78 is 41.9. The number of likely N-dealkylation sites (tertiary alicyclic amines) is 1. The predicted molar refractivity (Wildman–Crippen MR) is 258 cm³/mol. The van der Waals surface area contributed by atoms with Gasteiger partial charge in [0.05, 0.1) is 17.1 Å². The smallest absolute Gasteiger partial charge is 0.238 e. The Balaban J connectivity index is 0.913. The largest absolute Gasteiger partial charge is 0.487 e. The molecule has 10 nitrogen and oxygen atoms in total. The monoisotopic (exact) mass is 900 g/mol. The molecule has 3 aromatic carbocycles. The van der Waals surface area contributed by atoms with E-state index in [1.165, 1.54) is 41.5 Å². The highest BCUT2D eigenvalue weighted by atomic mass is 16.7. The highest BCUT2D eigenvalue weighted by Crippen LogP contribution is 2.66. The average Bonchev–Trinajstić information content (AvgIpc) is 3.83. The van der Waals surface area contributed by atoms with Crippen molar-refractivity contribution in [2.75, 3.05) is 33.7 Å². The fourth-order valence-electron chi connectivity index (χ4n) is 13.8. The van der Waals surface area contributed by atoms with Crippen LogP contribution in [0.15, 0.2) is 60.3 Å². The molecule has 4 aliphatic carbocycles. The first kappa shape index (κ1) is 44.3. The van der Waals surface area contributed by atoms with Crippen LogP contribution in [0.5, 0.6) is 28.7 Å². The van der Waals surface area contributed by atoms with Gasteiger partial charge in [0, 0.05) is 66.1 Å². The van der Waals surface area contributed by atoms with E-state index in [9.17, 15) is 5.11 Å². The van der Waals surface area contributed by atoms with Gasteiger partial charge in [-0.25, -0.2) is 0 Å². The minimum atomic E-state index is -0.977. The minimum Gasteiger partial charge on any atom is -0.487 e. The van der Waals surface area contributed by atoms with E-state index in [1.807, 2.05) is 26.0 Å². The molecule has 9 atom stereocenters. The van der Waals surface area contributed by atoms with Crippen molar-refractivity contribution in [2.45, 2.75) is 172 Å². The number of nitrogens with one attached hydrogen (secondary N) is 1. The van der Waals surface area contributed by atoms with Crippen molar-refractivity contribution in [3.05, 3.63) is 88.1 Å². The Hall–Kier alpha value is -4.22. The lowest BCUT2D eigenvalue weighted by molar-refractivity contribution is -0.235. The third-order valence-corrected chi connectivity index (χ3v) is 17.1. The van der Waals surface area contributed by atoms with Gasteiger partial charge in [-0.3, -0.25) is 4.90 Å². The molecule has 4 aromatic rings. The van der Waals surface area contributed by atoms with E-state index in [2.05, 4.69) is 99.2 Å². The van der Waals surface area contributed by atoms with Crippen molar-refractivity contribution in [1.82, 2.24) is 14.8 Å². The number of likely N-dealkylation sites (N-methyl/N-ethyl adjacent to an activating group) is 1. The predicted octanol–water partition coefficient (Wildman–Crippen LogP) is 10.4. The molecule has 10 heteroatoms. The molecule has 4 unspecified atom stereocenters. The summed E-state index contributed by atoms with van der Waals surface area (Å²) in [4.78, 5) is 8.31. The Labute approximate surface area is 392 Å². The molecule has 1 spiro atoms. The summed E-state index contributed by atoms with van der Waals surface area (Å²) in [7, 11) is 4.21. The van der Waals surface area contributed by atoms with E-state index in [-0.39, 0.29) is 23.7 Å². The number of nitrogens with zero attached hydrogens (tertiary/aromatic N) is 2. The maximum Gasteiger partial charge on any atom is 0.238 e. The first-order valence-corrected chi connectivity index (χ1v) is 25.5. The van der Waals surface area contributed by atoms with Gasteiger partial charge in [-0.05, 0) is 165 Å². The summed E-state index contributed by atoms with van der Waals surface area (Å²) in [5.41, 5.74) is 6.50. The molecule has 2 saturated carbocycles. The van der Waals surface area contributed by atoms with Crippen LogP contribution >= 0.6 is 0 Å². The summed E-state index contributed by atoms with van der Waals surface area (Å²) in [6.07, 6.45) is 14.5. The molecular weight excluding hydrogens is 827 g/mol. The molecule has 0 amide bonds. The number of aromatic nitrogens is 1. The molecule has 2 bridgehead atoms. The van der Waals surface area contributed by atoms with Crippen molar-refractivity contribution >= 4 is 10.9 Å². The van der Waals surface area contributed by atoms with Gasteiger partial charge in [-0.2, -0.15) is 0 Å². The number of H-pyrrole nitrogens is 1. The van der Waals surface area contributed by atoms with E-state index in [1.54, 1.807) is 0 Å². The number of aliphatic hydroxyl groups is 1. The normalized spacial score (nSPS) is 30.3. The second-order valence-electron chi connectivity index (χ2n) is 22.0. The molecule has 3 aliphatic heterocycles. The SMILES string of the molecule is CCCc1cc(OC(C)Oc2ccc3c4c2O[C@H]2[C@@H](OC(C)Oc5cccc6[nH]cc(CCN(C)C)c56)CC[C@@]5(O)[C@@H](C3)N(CC3CCC3)CC[C@]425)c2c(c1)OC(C)(C)C1CCC(C)=CC21. The van der Waals surface area contributed by atoms with E-state index in [0.29, 0.717) is 30.4 Å².